The number of nitrogens with zero attached hydrogens (tertiary/aromatic N) is 1. The third-order valence-electron chi connectivity index (χ3n) is 5.15. The second kappa shape index (κ2) is 10.9. The summed E-state index contributed by atoms with van der Waals surface area (Å²) >= 11 is 0. The van der Waals surface area contributed by atoms with Gasteiger partial charge in [0.25, 0.3) is 0 Å². The number of aliphatic hydroxyl groups is 1. The van der Waals surface area contributed by atoms with Crippen LogP contribution in [0, 0.1) is 5.41 Å². The van der Waals surface area contributed by atoms with Crippen molar-refractivity contribution in [2.45, 2.75) is 64.0 Å². The van der Waals surface area contributed by atoms with Gasteiger partial charge in [0.2, 0.25) is 0 Å². The van der Waals surface area contributed by atoms with Gasteiger partial charge >= 0.3 is 0 Å². The van der Waals surface area contributed by atoms with Gasteiger partial charge in [-0.25, -0.2) is 8.42 Å². The summed E-state index contributed by atoms with van der Waals surface area (Å²) in [5, 5.41) is 16.0. The minimum atomic E-state index is -3.16. The van der Waals surface area contributed by atoms with E-state index in [0.29, 0.717) is 5.96 Å². The van der Waals surface area contributed by atoms with E-state index >= 15 is 0 Å². The van der Waals surface area contributed by atoms with Gasteiger partial charge < -0.3 is 15.7 Å². The summed E-state index contributed by atoms with van der Waals surface area (Å²) in [5.41, 5.74) is 0.121. The van der Waals surface area contributed by atoms with Crippen molar-refractivity contribution in [2.24, 2.45) is 10.4 Å². The maximum atomic E-state index is 11.8. The number of nitrogens with one attached hydrogen (secondary N) is 2. The third kappa shape index (κ3) is 7.99. The van der Waals surface area contributed by atoms with Gasteiger partial charge in [-0.1, -0.05) is 19.3 Å². The Morgan fingerprint density at radius 2 is 1.80 bits per heavy atom. The van der Waals surface area contributed by atoms with Crippen LogP contribution in [-0.4, -0.2) is 56.7 Å². The average Bonchev–Trinajstić information content (AvgIpc) is 2.50. The van der Waals surface area contributed by atoms with Gasteiger partial charge in [0.05, 0.1) is 11.3 Å². The molecule has 0 spiro atoms. The van der Waals surface area contributed by atoms with Crippen molar-refractivity contribution < 1.29 is 13.5 Å². The van der Waals surface area contributed by atoms with Crippen LogP contribution in [0.2, 0.25) is 0 Å². The molecule has 0 aromatic carbocycles. The number of guanidine groups is 1. The van der Waals surface area contributed by atoms with Gasteiger partial charge in [-0.3, -0.25) is 4.99 Å². The first-order chi connectivity index (χ1) is 11.2. The van der Waals surface area contributed by atoms with Gasteiger partial charge in [-0.2, -0.15) is 0 Å². The van der Waals surface area contributed by atoms with E-state index in [1.807, 2.05) is 6.92 Å². The number of aliphatic hydroxyl groups excluding tert-OH is 1. The molecule has 0 saturated heterocycles. The fourth-order valence-electron chi connectivity index (χ4n) is 3.05. The van der Waals surface area contributed by atoms with Crippen molar-refractivity contribution in [3.05, 3.63) is 0 Å². The van der Waals surface area contributed by atoms with Gasteiger partial charge in [0.1, 0.15) is 0 Å². The monoisotopic (exact) mass is 489 g/mol. The lowest BCUT2D eigenvalue weighted by atomic mass is 9.72. The van der Waals surface area contributed by atoms with Gasteiger partial charge in [-0.05, 0) is 45.4 Å². The molecule has 0 aliphatic heterocycles. The summed E-state index contributed by atoms with van der Waals surface area (Å²) in [6.45, 7) is 7.29. The van der Waals surface area contributed by atoms with Crippen LogP contribution in [0.3, 0.4) is 0 Å². The molecule has 1 rings (SSSR count). The molecular formula is C17H36IN3O3S. The summed E-state index contributed by atoms with van der Waals surface area (Å²) < 4.78 is 22.8. The second-order valence-electron chi connectivity index (χ2n) is 7.61. The molecule has 25 heavy (non-hydrogen) atoms. The van der Waals surface area contributed by atoms with E-state index in [4.69, 9.17) is 0 Å². The van der Waals surface area contributed by atoms with Crippen molar-refractivity contribution in [2.75, 3.05) is 32.5 Å². The van der Waals surface area contributed by atoms with Crippen LogP contribution in [0.5, 0.6) is 0 Å². The molecule has 0 unspecified atom stereocenters. The van der Waals surface area contributed by atoms with Crippen LogP contribution in [0.25, 0.3) is 0 Å². The van der Waals surface area contributed by atoms with Gasteiger partial charge in [0, 0.05) is 26.0 Å². The quantitative estimate of drug-likeness (QED) is 0.277. The smallest absolute Gasteiger partial charge is 0.191 e. The lowest BCUT2D eigenvalue weighted by Gasteiger charge is -2.37. The highest BCUT2D eigenvalue weighted by molar-refractivity contribution is 14.0. The molecule has 0 aromatic rings. The number of hydrogen-bond acceptors (Lipinski definition) is 4. The van der Waals surface area contributed by atoms with E-state index in [1.165, 1.54) is 25.5 Å². The predicted molar refractivity (Wildman–Crippen MR) is 116 cm³/mol. The van der Waals surface area contributed by atoms with Gasteiger partial charge in [-0.15, -0.1) is 24.0 Å². The Labute approximate surface area is 170 Å². The maximum Gasteiger partial charge on any atom is 0.191 e. The lowest BCUT2D eigenvalue weighted by Crippen LogP contribution is -2.46. The molecule has 0 radical (unpaired) electrons. The first-order valence-electron chi connectivity index (χ1n) is 8.98. The molecule has 8 heteroatoms. The normalized spacial score (nSPS) is 18.4. The fraction of sp³-hybridized carbons (Fsp3) is 0.941. The second-order valence-corrected chi connectivity index (χ2v) is 10.3. The van der Waals surface area contributed by atoms with E-state index < -0.39 is 14.6 Å². The Hall–Kier alpha value is -0.0900. The zero-order chi connectivity index (χ0) is 18.3. The molecule has 0 aromatic heterocycles. The highest BCUT2D eigenvalue weighted by Crippen LogP contribution is 2.38. The molecular weight excluding hydrogens is 453 g/mol. The highest BCUT2D eigenvalue weighted by atomic mass is 127. The molecule has 1 aliphatic rings. The molecule has 1 aliphatic carbocycles. The summed E-state index contributed by atoms with van der Waals surface area (Å²) in [5.74, 6) is 0.650. The number of sulfone groups is 1. The van der Waals surface area contributed by atoms with Crippen LogP contribution in [0.4, 0.5) is 0 Å². The topological polar surface area (TPSA) is 90.8 Å². The molecule has 6 nitrogen and oxygen atoms in total. The van der Waals surface area contributed by atoms with E-state index in [0.717, 1.165) is 32.4 Å². The number of rotatable bonds is 8. The summed E-state index contributed by atoms with van der Waals surface area (Å²) in [7, 11) is -3.16. The van der Waals surface area contributed by atoms with Gasteiger partial charge in [0.15, 0.2) is 15.8 Å². The van der Waals surface area contributed by atoms with Crippen LogP contribution >= 0.6 is 24.0 Å². The third-order valence-corrected chi connectivity index (χ3v) is 7.29. The Morgan fingerprint density at radius 1 is 1.20 bits per heavy atom. The van der Waals surface area contributed by atoms with E-state index in [2.05, 4.69) is 15.6 Å². The van der Waals surface area contributed by atoms with Crippen molar-refractivity contribution >= 4 is 39.8 Å². The van der Waals surface area contributed by atoms with E-state index in [-0.39, 0.29) is 42.5 Å². The Morgan fingerprint density at radius 3 is 2.28 bits per heavy atom. The molecule has 0 bridgehead atoms. The minimum Gasteiger partial charge on any atom is -0.396 e. The van der Waals surface area contributed by atoms with Crippen LogP contribution in [-0.2, 0) is 9.84 Å². The van der Waals surface area contributed by atoms with E-state index in [9.17, 15) is 13.5 Å². The molecule has 1 fully saturated rings. The standard InChI is InChI=1S/C17H35N3O3S.HI/c1-5-18-15(19-13-16(2,3)24(4,22)23)20-14-17(11-12-21)9-7-6-8-10-17;/h21H,5-14H2,1-4H3,(H2,18,19,20);1H. The summed E-state index contributed by atoms with van der Waals surface area (Å²) in [4.78, 5) is 4.48. The van der Waals surface area contributed by atoms with Crippen molar-refractivity contribution in [3.8, 4) is 0 Å². The maximum absolute atomic E-state index is 11.8. The van der Waals surface area contributed by atoms with E-state index in [1.54, 1.807) is 13.8 Å². The first-order valence-corrected chi connectivity index (χ1v) is 10.9. The predicted octanol–water partition coefficient (Wildman–Crippen LogP) is 2.32. The average molecular weight is 489 g/mol. The molecule has 0 atom stereocenters. The molecule has 150 valence electrons. The molecule has 3 N–H and O–H groups in total. The highest BCUT2D eigenvalue weighted by Gasteiger charge is 2.32. The minimum absolute atomic E-state index is 0. The first kappa shape index (κ1) is 24.9. The molecule has 0 heterocycles. The zero-order valence-corrected chi connectivity index (χ0v) is 19.2. The Bertz CT molecular complexity index is 510. The van der Waals surface area contributed by atoms with Crippen molar-refractivity contribution in [1.29, 1.82) is 0 Å². The number of aliphatic imine (C=N–C) groups is 1. The zero-order valence-electron chi connectivity index (χ0n) is 16.1. The SMILES string of the molecule is CCNC(=NCC(C)(C)S(C)(=O)=O)NCC1(CCO)CCCCC1.I. The van der Waals surface area contributed by atoms with Crippen LogP contribution < -0.4 is 10.6 Å². The van der Waals surface area contributed by atoms with Crippen LogP contribution in [0.15, 0.2) is 4.99 Å². The lowest BCUT2D eigenvalue weighted by molar-refractivity contribution is 0.131. The Kier molecular flexibility index (Phi) is 10.9. The summed E-state index contributed by atoms with van der Waals surface area (Å²) in [6, 6.07) is 0. The fourth-order valence-corrected chi connectivity index (χ4v) is 3.35. The molecule has 0 amide bonds. The molecule has 1 saturated carbocycles. The van der Waals surface area contributed by atoms with Crippen molar-refractivity contribution in [1.82, 2.24) is 10.6 Å². The number of hydrogen-bond donors (Lipinski definition) is 3. The largest absolute Gasteiger partial charge is 0.396 e. The number of halogens is 1. The Balaban J connectivity index is 0.00000576. The van der Waals surface area contributed by atoms with Crippen LogP contribution in [0.1, 0.15) is 59.3 Å². The van der Waals surface area contributed by atoms with Crippen molar-refractivity contribution in [3.63, 3.8) is 0 Å². The summed E-state index contributed by atoms with van der Waals surface area (Å²) in [6.07, 6.45) is 7.97.